The molecule has 0 fully saturated rings. The van der Waals surface area contributed by atoms with Crippen molar-refractivity contribution in [1.82, 2.24) is 15.0 Å². The number of anilines is 1. The first-order valence-corrected chi connectivity index (χ1v) is 6.32. The van der Waals surface area contributed by atoms with Crippen molar-refractivity contribution in [3.05, 3.63) is 47.5 Å². The summed E-state index contributed by atoms with van der Waals surface area (Å²) in [7, 11) is 4.01. The van der Waals surface area contributed by atoms with E-state index in [1.807, 2.05) is 61.5 Å². The average Bonchev–Trinajstić information content (AvgIpc) is 2.82. The Morgan fingerprint density at radius 2 is 1.63 bits per heavy atom. The van der Waals surface area contributed by atoms with E-state index in [2.05, 4.69) is 10.2 Å². The Kier molecular flexibility index (Phi) is 2.87. The SMILES string of the molecule is CN(C)c1ccc2nn(-c3ccc(Cl)cc3)nc2c1. The summed E-state index contributed by atoms with van der Waals surface area (Å²) in [6.07, 6.45) is 0. The fraction of sp³-hybridized carbons (Fsp3) is 0.143. The number of rotatable bonds is 2. The van der Waals surface area contributed by atoms with E-state index in [0.29, 0.717) is 5.02 Å². The summed E-state index contributed by atoms with van der Waals surface area (Å²) in [5, 5.41) is 9.65. The lowest BCUT2D eigenvalue weighted by molar-refractivity contribution is 0.766. The van der Waals surface area contributed by atoms with Crippen LogP contribution in [0.15, 0.2) is 42.5 Å². The summed E-state index contributed by atoms with van der Waals surface area (Å²) < 4.78 is 0. The van der Waals surface area contributed by atoms with Crippen LogP contribution in [0, 0.1) is 0 Å². The van der Waals surface area contributed by atoms with Gasteiger partial charge in [0.2, 0.25) is 0 Å². The summed E-state index contributed by atoms with van der Waals surface area (Å²) >= 11 is 5.88. The number of hydrogen-bond donors (Lipinski definition) is 0. The molecular formula is C14H13ClN4. The minimum Gasteiger partial charge on any atom is -0.378 e. The number of halogens is 1. The maximum Gasteiger partial charge on any atom is 0.115 e. The van der Waals surface area contributed by atoms with Gasteiger partial charge in [-0.15, -0.1) is 10.2 Å². The lowest BCUT2D eigenvalue weighted by atomic mass is 10.2. The van der Waals surface area contributed by atoms with Crippen molar-refractivity contribution in [3.8, 4) is 5.69 Å². The fourth-order valence-corrected chi connectivity index (χ4v) is 2.00. The van der Waals surface area contributed by atoms with E-state index >= 15 is 0 Å². The molecule has 19 heavy (non-hydrogen) atoms. The van der Waals surface area contributed by atoms with Gasteiger partial charge in [0.25, 0.3) is 0 Å². The highest BCUT2D eigenvalue weighted by molar-refractivity contribution is 6.30. The van der Waals surface area contributed by atoms with E-state index in [9.17, 15) is 0 Å². The van der Waals surface area contributed by atoms with Gasteiger partial charge in [-0.2, -0.15) is 4.80 Å². The van der Waals surface area contributed by atoms with Gasteiger partial charge in [-0.3, -0.25) is 0 Å². The minimum absolute atomic E-state index is 0.704. The van der Waals surface area contributed by atoms with Crippen molar-refractivity contribution in [1.29, 1.82) is 0 Å². The molecule has 0 radical (unpaired) electrons. The number of hydrogen-bond acceptors (Lipinski definition) is 3. The summed E-state index contributed by atoms with van der Waals surface area (Å²) in [5.41, 5.74) is 3.75. The zero-order valence-electron chi connectivity index (χ0n) is 10.7. The van der Waals surface area contributed by atoms with Gasteiger partial charge in [-0.25, -0.2) is 0 Å². The Morgan fingerprint density at radius 3 is 2.32 bits per heavy atom. The molecule has 0 aliphatic heterocycles. The number of aromatic nitrogens is 3. The van der Waals surface area contributed by atoms with Crippen molar-refractivity contribution in [3.63, 3.8) is 0 Å². The van der Waals surface area contributed by atoms with E-state index in [-0.39, 0.29) is 0 Å². The molecule has 0 aliphatic rings. The quantitative estimate of drug-likeness (QED) is 0.719. The van der Waals surface area contributed by atoms with Crippen LogP contribution in [-0.4, -0.2) is 29.1 Å². The van der Waals surface area contributed by atoms with Gasteiger partial charge in [0.05, 0.1) is 5.69 Å². The standard InChI is InChI=1S/C14H13ClN4/c1-18(2)12-7-8-13-14(9-12)17-19(16-13)11-5-3-10(15)4-6-11/h3-9H,1-2H3. The predicted octanol–water partition coefficient (Wildman–Crippen LogP) is 3.14. The first-order chi connectivity index (χ1) is 9.13. The number of nitrogens with zero attached hydrogens (tertiary/aromatic N) is 4. The third kappa shape index (κ3) is 2.27. The van der Waals surface area contributed by atoms with Crippen LogP contribution < -0.4 is 4.90 Å². The van der Waals surface area contributed by atoms with E-state index in [1.165, 1.54) is 0 Å². The van der Waals surface area contributed by atoms with Gasteiger partial charge in [0.1, 0.15) is 11.0 Å². The first kappa shape index (κ1) is 12.0. The Morgan fingerprint density at radius 1 is 0.947 bits per heavy atom. The third-order valence-corrected chi connectivity index (χ3v) is 3.19. The van der Waals surface area contributed by atoms with Gasteiger partial charge in [0.15, 0.2) is 0 Å². The van der Waals surface area contributed by atoms with Crippen LogP contribution in [0.1, 0.15) is 0 Å². The Bertz CT molecular complexity index is 716. The highest BCUT2D eigenvalue weighted by Crippen LogP contribution is 2.19. The van der Waals surface area contributed by atoms with Crippen molar-refractivity contribution in [2.24, 2.45) is 0 Å². The average molecular weight is 273 g/mol. The molecule has 0 unspecified atom stereocenters. The normalized spacial score (nSPS) is 10.9. The van der Waals surface area contributed by atoms with Crippen molar-refractivity contribution < 1.29 is 0 Å². The minimum atomic E-state index is 0.704. The second-order valence-corrected chi connectivity index (χ2v) is 4.97. The molecule has 0 spiro atoms. The van der Waals surface area contributed by atoms with Gasteiger partial charge in [-0.05, 0) is 42.5 Å². The predicted molar refractivity (Wildman–Crippen MR) is 78.2 cm³/mol. The molecular weight excluding hydrogens is 260 g/mol. The Balaban J connectivity index is 2.08. The van der Waals surface area contributed by atoms with Crippen LogP contribution >= 0.6 is 11.6 Å². The first-order valence-electron chi connectivity index (χ1n) is 5.94. The molecule has 96 valence electrons. The second kappa shape index (κ2) is 4.55. The topological polar surface area (TPSA) is 34.0 Å². The third-order valence-electron chi connectivity index (χ3n) is 2.94. The van der Waals surface area contributed by atoms with Crippen LogP contribution in [0.25, 0.3) is 16.7 Å². The molecule has 2 aromatic carbocycles. The Hall–Kier alpha value is -2.07. The molecule has 0 atom stereocenters. The van der Waals surface area contributed by atoms with E-state index in [1.54, 1.807) is 4.80 Å². The zero-order valence-corrected chi connectivity index (χ0v) is 11.5. The second-order valence-electron chi connectivity index (χ2n) is 4.53. The summed E-state index contributed by atoms with van der Waals surface area (Å²) in [5.74, 6) is 0. The highest BCUT2D eigenvalue weighted by atomic mass is 35.5. The molecule has 3 aromatic rings. The summed E-state index contributed by atoms with van der Waals surface area (Å²) in [6, 6.07) is 13.5. The van der Waals surface area contributed by atoms with Crippen LogP contribution in [0.2, 0.25) is 5.02 Å². The number of fused-ring (bicyclic) bond motifs is 1. The molecule has 1 aromatic heterocycles. The van der Waals surface area contributed by atoms with E-state index in [0.717, 1.165) is 22.4 Å². The number of benzene rings is 2. The van der Waals surface area contributed by atoms with Crippen LogP contribution in [0.3, 0.4) is 0 Å². The maximum atomic E-state index is 5.88. The van der Waals surface area contributed by atoms with Crippen molar-refractivity contribution in [2.75, 3.05) is 19.0 Å². The highest BCUT2D eigenvalue weighted by Gasteiger charge is 2.06. The van der Waals surface area contributed by atoms with Crippen molar-refractivity contribution in [2.45, 2.75) is 0 Å². The molecule has 4 nitrogen and oxygen atoms in total. The lowest BCUT2D eigenvalue weighted by Crippen LogP contribution is -2.07. The van der Waals surface area contributed by atoms with Gasteiger partial charge in [-0.1, -0.05) is 11.6 Å². The Labute approximate surface area is 116 Å². The van der Waals surface area contributed by atoms with Gasteiger partial charge in [0, 0.05) is 24.8 Å². The molecule has 0 amide bonds. The zero-order chi connectivity index (χ0) is 13.4. The van der Waals surface area contributed by atoms with E-state index in [4.69, 9.17) is 11.6 Å². The molecule has 0 N–H and O–H groups in total. The summed E-state index contributed by atoms with van der Waals surface area (Å²) in [4.78, 5) is 3.67. The van der Waals surface area contributed by atoms with Crippen LogP contribution in [0.4, 0.5) is 5.69 Å². The van der Waals surface area contributed by atoms with Gasteiger partial charge < -0.3 is 4.90 Å². The molecule has 0 bridgehead atoms. The fourth-order valence-electron chi connectivity index (χ4n) is 1.87. The molecule has 0 aliphatic carbocycles. The molecule has 0 saturated heterocycles. The summed E-state index contributed by atoms with van der Waals surface area (Å²) in [6.45, 7) is 0. The van der Waals surface area contributed by atoms with Crippen LogP contribution in [-0.2, 0) is 0 Å². The van der Waals surface area contributed by atoms with Crippen molar-refractivity contribution >= 4 is 28.3 Å². The molecule has 5 heteroatoms. The molecule has 0 saturated carbocycles. The smallest absolute Gasteiger partial charge is 0.115 e. The molecule has 3 rings (SSSR count). The van der Waals surface area contributed by atoms with Gasteiger partial charge >= 0.3 is 0 Å². The lowest BCUT2D eigenvalue weighted by Gasteiger charge is -2.10. The van der Waals surface area contributed by atoms with Crippen LogP contribution in [0.5, 0.6) is 0 Å². The van der Waals surface area contributed by atoms with E-state index < -0.39 is 0 Å². The molecule has 1 heterocycles. The monoisotopic (exact) mass is 272 g/mol. The maximum absolute atomic E-state index is 5.88. The largest absolute Gasteiger partial charge is 0.378 e.